The standard InChI is InChI=1S/C13H23N3O/c17-13(16-12-3-1-2-4-12)15-10-7-11-5-8-14-9-6-11/h5,12,14H,1-4,6-10H2,(H2,15,16,17). The van der Waals surface area contributed by atoms with Gasteiger partial charge in [-0.1, -0.05) is 24.5 Å². The van der Waals surface area contributed by atoms with Crippen LogP contribution in [0.4, 0.5) is 4.79 Å². The van der Waals surface area contributed by atoms with Gasteiger partial charge in [-0.15, -0.1) is 0 Å². The van der Waals surface area contributed by atoms with Gasteiger partial charge in [-0.3, -0.25) is 0 Å². The fourth-order valence-electron chi connectivity index (χ4n) is 2.54. The number of nitrogens with one attached hydrogen (secondary N) is 3. The third kappa shape index (κ3) is 4.38. The van der Waals surface area contributed by atoms with Crippen molar-refractivity contribution in [2.24, 2.45) is 0 Å². The van der Waals surface area contributed by atoms with E-state index in [2.05, 4.69) is 22.0 Å². The van der Waals surface area contributed by atoms with E-state index in [9.17, 15) is 4.79 Å². The third-order valence-corrected chi connectivity index (χ3v) is 3.58. The van der Waals surface area contributed by atoms with Crippen molar-refractivity contribution in [3.63, 3.8) is 0 Å². The van der Waals surface area contributed by atoms with Crippen LogP contribution in [-0.2, 0) is 0 Å². The second kappa shape index (κ2) is 6.64. The minimum atomic E-state index is 0.00596. The van der Waals surface area contributed by atoms with Crippen molar-refractivity contribution in [3.05, 3.63) is 11.6 Å². The Kier molecular flexibility index (Phi) is 4.86. The van der Waals surface area contributed by atoms with E-state index in [-0.39, 0.29) is 6.03 Å². The summed E-state index contributed by atoms with van der Waals surface area (Å²) in [4.78, 5) is 11.6. The van der Waals surface area contributed by atoms with E-state index in [1.54, 1.807) is 0 Å². The number of carbonyl (C=O) groups is 1. The lowest BCUT2D eigenvalue weighted by molar-refractivity contribution is 0.237. The van der Waals surface area contributed by atoms with Crippen LogP contribution in [0.1, 0.15) is 38.5 Å². The number of urea groups is 1. The first-order valence-corrected chi connectivity index (χ1v) is 6.77. The Bertz CT molecular complexity index is 282. The minimum Gasteiger partial charge on any atom is -0.338 e. The summed E-state index contributed by atoms with van der Waals surface area (Å²) in [5.41, 5.74) is 1.46. The predicted molar refractivity (Wildman–Crippen MR) is 69.0 cm³/mol. The summed E-state index contributed by atoms with van der Waals surface area (Å²) in [5, 5.41) is 9.27. The lowest BCUT2D eigenvalue weighted by Gasteiger charge is -2.15. The van der Waals surface area contributed by atoms with E-state index in [1.165, 1.54) is 18.4 Å². The normalized spacial score (nSPS) is 21.1. The van der Waals surface area contributed by atoms with Crippen molar-refractivity contribution in [2.45, 2.75) is 44.6 Å². The molecule has 1 fully saturated rings. The molecule has 0 unspecified atom stereocenters. The highest BCUT2D eigenvalue weighted by molar-refractivity contribution is 5.74. The summed E-state index contributed by atoms with van der Waals surface area (Å²) in [6.45, 7) is 2.80. The first kappa shape index (κ1) is 12.4. The Hall–Kier alpha value is -1.03. The molecule has 1 heterocycles. The fraction of sp³-hybridized carbons (Fsp3) is 0.769. The molecule has 3 N–H and O–H groups in total. The lowest BCUT2D eigenvalue weighted by Crippen LogP contribution is -2.41. The van der Waals surface area contributed by atoms with E-state index in [0.717, 1.165) is 45.3 Å². The van der Waals surface area contributed by atoms with Crippen LogP contribution in [0, 0.1) is 0 Å². The number of amides is 2. The number of rotatable bonds is 4. The maximum atomic E-state index is 11.6. The topological polar surface area (TPSA) is 53.2 Å². The van der Waals surface area contributed by atoms with Gasteiger partial charge in [0, 0.05) is 19.1 Å². The quantitative estimate of drug-likeness (QED) is 0.650. The van der Waals surface area contributed by atoms with Gasteiger partial charge in [-0.25, -0.2) is 4.79 Å². The monoisotopic (exact) mass is 237 g/mol. The second-order valence-electron chi connectivity index (χ2n) is 4.95. The summed E-state index contributed by atoms with van der Waals surface area (Å²) in [6.07, 6.45) is 9.13. The molecule has 0 spiro atoms. The molecule has 0 aromatic rings. The molecule has 4 heteroatoms. The lowest BCUT2D eigenvalue weighted by atomic mass is 10.1. The zero-order valence-electron chi connectivity index (χ0n) is 10.4. The molecular formula is C13H23N3O. The molecule has 2 amide bonds. The summed E-state index contributed by atoms with van der Waals surface area (Å²) < 4.78 is 0. The molecular weight excluding hydrogens is 214 g/mol. The van der Waals surface area contributed by atoms with E-state index in [4.69, 9.17) is 0 Å². The van der Waals surface area contributed by atoms with Gasteiger partial charge in [0.1, 0.15) is 0 Å². The molecule has 0 bridgehead atoms. The van der Waals surface area contributed by atoms with Crippen LogP contribution < -0.4 is 16.0 Å². The van der Waals surface area contributed by atoms with Gasteiger partial charge < -0.3 is 16.0 Å². The molecule has 0 aromatic heterocycles. The van der Waals surface area contributed by atoms with Gasteiger partial charge in [0.15, 0.2) is 0 Å². The van der Waals surface area contributed by atoms with Crippen molar-refractivity contribution in [2.75, 3.05) is 19.6 Å². The average molecular weight is 237 g/mol. The van der Waals surface area contributed by atoms with Crippen LogP contribution in [0.3, 0.4) is 0 Å². The van der Waals surface area contributed by atoms with Crippen LogP contribution in [0.15, 0.2) is 11.6 Å². The maximum Gasteiger partial charge on any atom is 0.315 e. The SMILES string of the molecule is O=C(NCCC1=CCNCC1)NC1CCCC1. The second-order valence-corrected chi connectivity index (χ2v) is 4.95. The van der Waals surface area contributed by atoms with Gasteiger partial charge in [-0.2, -0.15) is 0 Å². The number of carbonyl (C=O) groups excluding carboxylic acids is 1. The fourth-order valence-corrected chi connectivity index (χ4v) is 2.54. The van der Waals surface area contributed by atoms with Gasteiger partial charge in [0.2, 0.25) is 0 Å². The van der Waals surface area contributed by atoms with E-state index in [0.29, 0.717) is 6.04 Å². The maximum absolute atomic E-state index is 11.6. The van der Waals surface area contributed by atoms with Crippen molar-refractivity contribution in [3.8, 4) is 0 Å². The van der Waals surface area contributed by atoms with E-state index >= 15 is 0 Å². The molecule has 17 heavy (non-hydrogen) atoms. The first-order valence-electron chi connectivity index (χ1n) is 6.77. The smallest absolute Gasteiger partial charge is 0.315 e. The van der Waals surface area contributed by atoms with Crippen LogP contribution in [-0.4, -0.2) is 31.7 Å². The molecule has 96 valence electrons. The Morgan fingerprint density at radius 2 is 2.24 bits per heavy atom. The largest absolute Gasteiger partial charge is 0.338 e. The molecule has 2 aliphatic rings. The summed E-state index contributed by atoms with van der Waals surface area (Å²) in [5.74, 6) is 0. The first-order chi connectivity index (χ1) is 8.34. The summed E-state index contributed by atoms with van der Waals surface area (Å²) in [7, 11) is 0. The molecule has 0 aromatic carbocycles. The highest BCUT2D eigenvalue weighted by atomic mass is 16.2. The zero-order chi connectivity index (χ0) is 11.9. The molecule has 0 saturated heterocycles. The molecule has 0 atom stereocenters. The number of hydrogen-bond acceptors (Lipinski definition) is 2. The molecule has 0 radical (unpaired) electrons. The van der Waals surface area contributed by atoms with Gasteiger partial charge in [-0.05, 0) is 32.2 Å². The molecule has 1 saturated carbocycles. The minimum absolute atomic E-state index is 0.00596. The highest BCUT2D eigenvalue weighted by Crippen LogP contribution is 2.17. The van der Waals surface area contributed by atoms with Crippen molar-refractivity contribution < 1.29 is 4.79 Å². The third-order valence-electron chi connectivity index (χ3n) is 3.58. The van der Waals surface area contributed by atoms with Crippen LogP contribution in [0.25, 0.3) is 0 Å². The van der Waals surface area contributed by atoms with Crippen LogP contribution >= 0.6 is 0 Å². The average Bonchev–Trinajstić information content (AvgIpc) is 2.83. The molecule has 4 nitrogen and oxygen atoms in total. The van der Waals surface area contributed by atoms with Gasteiger partial charge in [0.25, 0.3) is 0 Å². The van der Waals surface area contributed by atoms with Crippen LogP contribution in [0.2, 0.25) is 0 Å². The van der Waals surface area contributed by atoms with E-state index < -0.39 is 0 Å². The summed E-state index contributed by atoms with van der Waals surface area (Å²) >= 11 is 0. The van der Waals surface area contributed by atoms with E-state index in [1.807, 2.05) is 0 Å². The predicted octanol–water partition coefficient (Wildman–Crippen LogP) is 1.54. The van der Waals surface area contributed by atoms with Gasteiger partial charge >= 0.3 is 6.03 Å². The van der Waals surface area contributed by atoms with Crippen molar-refractivity contribution in [1.82, 2.24) is 16.0 Å². The Morgan fingerprint density at radius 3 is 2.94 bits per heavy atom. The molecule has 2 rings (SSSR count). The number of hydrogen-bond donors (Lipinski definition) is 3. The van der Waals surface area contributed by atoms with Crippen LogP contribution in [0.5, 0.6) is 0 Å². The van der Waals surface area contributed by atoms with Gasteiger partial charge in [0.05, 0.1) is 0 Å². The Labute approximate surface area is 103 Å². The van der Waals surface area contributed by atoms with Crippen molar-refractivity contribution in [1.29, 1.82) is 0 Å². The molecule has 1 aliphatic carbocycles. The Morgan fingerprint density at radius 1 is 1.41 bits per heavy atom. The zero-order valence-corrected chi connectivity index (χ0v) is 10.4. The summed E-state index contributed by atoms with van der Waals surface area (Å²) in [6, 6.07) is 0.416. The van der Waals surface area contributed by atoms with Crippen molar-refractivity contribution >= 4 is 6.03 Å². The Balaban J connectivity index is 1.57. The molecule has 1 aliphatic heterocycles. The highest BCUT2D eigenvalue weighted by Gasteiger charge is 2.16.